The van der Waals surface area contributed by atoms with E-state index < -0.39 is 0 Å². The molecule has 1 aromatic heterocycles. The summed E-state index contributed by atoms with van der Waals surface area (Å²) in [7, 11) is 0. The molecule has 4 nitrogen and oxygen atoms in total. The molecule has 0 bridgehead atoms. The van der Waals surface area contributed by atoms with Crippen molar-refractivity contribution in [3.8, 4) is 0 Å². The number of piperazine rings is 1. The minimum Gasteiger partial charge on any atom is -0.314 e. The first kappa shape index (κ1) is 15.4. The minimum atomic E-state index is 0.226. The van der Waals surface area contributed by atoms with Gasteiger partial charge in [0, 0.05) is 56.4 Å². The van der Waals surface area contributed by atoms with E-state index in [4.69, 9.17) is 0 Å². The van der Waals surface area contributed by atoms with Gasteiger partial charge in [0.15, 0.2) is 0 Å². The second-order valence-electron chi connectivity index (χ2n) is 7.33. The monoisotopic (exact) mass is 308 g/mol. The van der Waals surface area contributed by atoms with Crippen LogP contribution in [0.2, 0.25) is 0 Å². The van der Waals surface area contributed by atoms with Gasteiger partial charge in [0.05, 0.1) is 6.54 Å². The highest BCUT2D eigenvalue weighted by atomic mass is 32.1. The molecule has 2 aliphatic rings. The van der Waals surface area contributed by atoms with Crippen LogP contribution in [0, 0.1) is 0 Å². The molecule has 1 unspecified atom stereocenters. The molecule has 3 rings (SSSR count). The van der Waals surface area contributed by atoms with E-state index in [-0.39, 0.29) is 5.41 Å². The van der Waals surface area contributed by atoms with E-state index in [0.717, 1.165) is 25.7 Å². The number of aromatic nitrogens is 1. The van der Waals surface area contributed by atoms with Crippen LogP contribution >= 0.6 is 11.3 Å². The van der Waals surface area contributed by atoms with Gasteiger partial charge in [-0.05, 0) is 11.8 Å². The first-order valence-corrected chi connectivity index (χ1v) is 8.96. The summed E-state index contributed by atoms with van der Waals surface area (Å²) >= 11 is 1.89. The smallest absolute Gasteiger partial charge is 0.107 e. The maximum absolute atomic E-state index is 4.64. The molecule has 2 fully saturated rings. The standard InChI is InChI=1S/C16H28N4S/c1-16(2,3)14-10-18-15(21-14)12-19-7-4-13(11-19)20-8-5-17-6-9-20/h10,13,17H,4-9,11-12H2,1-3H3. The summed E-state index contributed by atoms with van der Waals surface area (Å²) in [5.74, 6) is 0. The summed E-state index contributed by atoms with van der Waals surface area (Å²) in [4.78, 5) is 11.3. The van der Waals surface area contributed by atoms with Gasteiger partial charge in [-0.3, -0.25) is 9.80 Å². The van der Waals surface area contributed by atoms with Gasteiger partial charge in [0.2, 0.25) is 0 Å². The second-order valence-corrected chi connectivity index (χ2v) is 8.45. The Morgan fingerprint density at radius 1 is 1.29 bits per heavy atom. The molecule has 0 spiro atoms. The van der Waals surface area contributed by atoms with Crippen LogP contribution < -0.4 is 5.32 Å². The van der Waals surface area contributed by atoms with Gasteiger partial charge >= 0.3 is 0 Å². The molecule has 0 aliphatic carbocycles. The zero-order valence-electron chi connectivity index (χ0n) is 13.6. The Balaban J connectivity index is 1.53. The Kier molecular flexibility index (Phi) is 4.64. The van der Waals surface area contributed by atoms with E-state index in [1.54, 1.807) is 0 Å². The predicted octanol–water partition coefficient (Wildman–Crippen LogP) is 1.92. The van der Waals surface area contributed by atoms with Crippen molar-refractivity contribution in [1.29, 1.82) is 0 Å². The highest BCUT2D eigenvalue weighted by molar-refractivity contribution is 7.11. The second kappa shape index (κ2) is 6.32. The number of rotatable bonds is 3. The minimum absolute atomic E-state index is 0.226. The first-order valence-electron chi connectivity index (χ1n) is 8.15. The molecule has 118 valence electrons. The molecule has 2 aliphatic heterocycles. The summed E-state index contributed by atoms with van der Waals surface area (Å²) in [6.45, 7) is 15.0. The SMILES string of the molecule is CC(C)(C)c1cnc(CN2CCC(N3CCNCC3)C2)s1. The highest BCUT2D eigenvalue weighted by Gasteiger charge is 2.29. The lowest BCUT2D eigenvalue weighted by Crippen LogP contribution is -2.49. The third-order valence-corrected chi connectivity index (χ3v) is 5.97. The van der Waals surface area contributed by atoms with Gasteiger partial charge in [-0.25, -0.2) is 4.98 Å². The lowest BCUT2D eigenvalue weighted by atomic mass is 9.96. The average Bonchev–Trinajstić information content (AvgIpc) is 3.09. The Bertz CT molecular complexity index is 459. The number of hydrogen-bond donors (Lipinski definition) is 1. The third-order valence-electron chi connectivity index (χ3n) is 4.57. The molecule has 2 saturated heterocycles. The molecular formula is C16H28N4S. The van der Waals surface area contributed by atoms with Crippen molar-refractivity contribution in [3.63, 3.8) is 0 Å². The molecule has 3 heterocycles. The molecule has 0 radical (unpaired) electrons. The predicted molar refractivity (Wildman–Crippen MR) is 88.9 cm³/mol. The number of thiazole rings is 1. The Labute approximate surface area is 132 Å². The van der Waals surface area contributed by atoms with Crippen LogP contribution in [0.3, 0.4) is 0 Å². The summed E-state index contributed by atoms with van der Waals surface area (Å²) in [6, 6.07) is 0.758. The normalized spacial score (nSPS) is 25.6. The van der Waals surface area contributed by atoms with Gasteiger partial charge in [-0.15, -0.1) is 11.3 Å². The van der Waals surface area contributed by atoms with E-state index in [9.17, 15) is 0 Å². The molecule has 5 heteroatoms. The van der Waals surface area contributed by atoms with Crippen LogP contribution in [-0.4, -0.2) is 60.1 Å². The van der Waals surface area contributed by atoms with Gasteiger partial charge in [0.25, 0.3) is 0 Å². The molecule has 0 aromatic carbocycles. The molecule has 0 saturated carbocycles. The lowest BCUT2D eigenvalue weighted by molar-refractivity contribution is 0.170. The third kappa shape index (κ3) is 3.83. The van der Waals surface area contributed by atoms with Crippen molar-refractivity contribution >= 4 is 11.3 Å². The van der Waals surface area contributed by atoms with Gasteiger partial charge in [-0.2, -0.15) is 0 Å². The van der Waals surface area contributed by atoms with E-state index in [0.29, 0.717) is 0 Å². The zero-order chi connectivity index (χ0) is 14.9. The fourth-order valence-electron chi connectivity index (χ4n) is 3.22. The van der Waals surface area contributed by atoms with Crippen molar-refractivity contribution < 1.29 is 0 Å². The molecule has 1 aromatic rings. The maximum Gasteiger partial charge on any atom is 0.107 e. The van der Waals surface area contributed by atoms with Crippen molar-refractivity contribution in [3.05, 3.63) is 16.1 Å². The van der Waals surface area contributed by atoms with Crippen LogP contribution in [0.4, 0.5) is 0 Å². The number of likely N-dealkylation sites (tertiary alicyclic amines) is 1. The van der Waals surface area contributed by atoms with Crippen molar-refractivity contribution in [2.24, 2.45) is 0 Å². The topological polar surface area (TPSA) is 31.4 Å². The largest absolute Gasteiger partial charge is 0.314 e. The van der Waals surface area contributed by atoms with E-state index in [1.807, 2.05) is 11.3 Å². The quantitative estimate of drug-likeness (QED) is 0.924. The summed E-state index contributed by atoms with van der Waals surface area (Å²) in [6.07, 6.45) is 3.39. The van der Waals surface area contributed by atoms with Crippen LogP contribution in [0.25, 0.3) is 0 Å². The summed E-state index contributed by atoms with van der Waals surface area (Å²) in [5.41, 5.74) is 0.226. The number of nitrogens with zero attached hydrogens (tertiary/aromatic N) is 3. The number of nitrogens with one attached hydrogen (secondary N) is 1. The van der Waals surface area contributed by atoms with E-state index >= 15 is 0 Å². The van der Waals surface area contributed by atoms with Gasteiger partial charge < -0.3 is 5.32 Å². The molecule has 0 amide bonds. The van der Waals surface area contributed by atoms with Crippen LogP contribution in [0.15, 0.2) is 6.20 Å². The average molecular weight is 308 g/mol. The van der Waals surface area contributed by atoms with E-state index in [2.05, 4.69) is 47.1 Å². The molecule has 1 atom stereocenters. The van der Waals surface area contributed by atoms with E-state index in [1.165, 1.54) is 42.5 Å². The maximum atomic E-state index is 4.64. The van der Waals surface area contributed by atoms with Crippen molar-refractivity contribution in [2.75, 3.05) is 39.3 Å². The Morgan fingerprint density at radius 3 is 2.71 bits per heavy atom. The molecular weight excluding hydrogens is 280 g/mol. The van der Waals surface area contributed by atoms with Gasteiger partial charge in [-0.1, -0.05) is 20.8 Å². The van der Waals surface area contributed by atoms with Crippen LogP contribution in [0.5, 0.6) is 0 Å². The number of hydrogen-bond acceptors (Lipinski definition) is 5. The van der Waals surface area contributed by atoms with Crippen molar-refractivity contribution in [2.45, 2.75) is 45.2 Å². The van der Waals surface area contributed by atoms with Gasteiger partial charge in [0.1, 0.15) is 5.01 Å². The van der Waals surface area contributed by atoms with Crippen molar-refractivity contribution in [1.82, 2.24) is 20.1 Å². The fraction of sp³-hybridized carbons (Fsp3) is 0.812. The summed E-state index contributed by atoms with van der Waals surface area (Å²) < 4.78 is 0. The van der Waals surface area contributed by atoms with Crippen LogP contribution in [0.1, 0.15) is 37.1 Å². The Hall–Kier alpha value is -0.490. The molecule has 1 N–H and O–H groups in total. The van der Waals surface area contributed by atoms with Crippen LogP contribution in [-0.2, 0) is 12.0 Å². The lowest BCUT2D eigenvalue weighted by Gasteiger charge is -2.32. The zero-order valence-corrected chi connectivity index (χ0v) is 14.4. The summed E-state index contributed by atoms with van der Waals surface area (Å²) in [5, 5.41) is 4.72. The Morgan fingerprint density at radius 2 is 2.05 bits per heavy atom. The first-order chi connectivity index (χ1) is 10.0. The highest BCUT2D eigenvalue weighted by Crippen LogP contribution is 2.29. The molecule has 21 heavy (non-hydrogen) atoms. The fourth-order valence-corrected chi connectivity index (χ4v) is 4.24.